The monoisotopic (exact) mass is 292 g/mol. The van der Waals surface area contributed by atoms with Crippen LogP contribution in [0.4, 0.5) is 8.78 Å². The van der Waals surface area contributed by atoms with Gasteiger partial charge in [0.05, 0.1) is 12.2 Å². The Balaban J connectivity index is 2.27. The van der Waals surface area contributed by atoms with Crippen molar-refractivity contribution in [3.8, 4) is 5.75 Å². The molecule has 21 heavy (non-hydrogen) atoms. The van der Waals surface area contributed by atoms with Gasteiger partial charge in [-0.25, -0.2) is 8.78 Å². The molecule has 0 aliphatic heterocycles. The Labute approximate surface area is 121 Å². The number of para-hydroxylation sites is 1. The highest BCUT2D eigenvalue weighted by Crippen LogP contribution is 2.22. The SMILES string of the molecule is COCCOc1ccccc1C(=O)c1ccc(F)c(F)c1. The summed E-state index contributed by atoms with van der Waals surface area (Å²) in [6.45, 7) is 0.673. The lowest BCUT2D eigenvalue weighted by atomic mass is 10.0. The van der Waals surface area contributed by atoms with E-state index in [1.54, 1.807) is 31.4 Å². The van der Waals surface area contributed by atoms with Gasteiger partial charge in [0.25, 0.3) is 0 Å². The maximum Gasteiger partial charge on any atom is 0.196 e. The van der Waals surface area contributed by atoms with Crippen LogP contribution in [0.1, 0.15) is 15.9 Å². The first-order valence-electron chi connectivity index (χ1n) is 6.34. The summed E-state index contributed by atoms with van der Waals surface area (Å²) in [4.78, 5) is 12.4. The second kappa shape index (κ2) is 6.95. The molecule has 0 aliphatic rings. The summed E-state index contributed by atoms with van der Waals surface area (Å²) in [5, 5.41) is 0. The van der Waals surface area contributed by atoms with Crippen LogP contribution in [0.3, 0.4) is 0 Å². The first kappa shape index (κ1) is 15.1. The minimum Gasteiger partial charge on any atom is -0.490 e. The van der Waals surface area contributed by atoms with Gasteiger partial charge in [-0.05, 0) is 30.3 Å². The van der Waals surface area contributed by atoms with Crippen LogP contribution in [0.2, 0.25) is 0 Å². The highest BCUT2D eigenvalue weighted by molar-refractivity contribution is 6.10. The minimum atomic E-state index is -1.06. The molecule has 0 unspecified atom stereocenters. The van der Waals surface area contributed by atoms with Gasteiger partial charge in [0, 0.05) is 12.7 Å². The Morgan fingerprint density at radius 3 is 2.52 bits per heavy atom. The summed E-state index contributed by atoms with van der Waals surface area (Å²) in [5.74, 6) is -2.10. The Morgan fingerprint density at radius 1 is 1.05 bits per heavy atom. The number of hydrogen-bond donors (Lipinski definition) is 0. The Hall–Kier alpha value is -2.27. The van der Waals surface area contributed by atoms with Crippen LogP contribution in [0.15, 0.2) is 42.5 Å². The molecule has 0 fully saturated rings. The number of carbonyl (C=O) groups excluding carboxylic acids is 1. The number of carbonyl (C=O) groups is 1. The zero-order valence-corrected chi connectivity index (χ0v) is 11.4. The van der Waals surface area contributed by atoms with E-state index in [1.165, 1.54) is 6.07 Å². The van der Waals surface area contributed by atoms with Gasteiger partial charge in [-0.3, -0.25) is 4.79 Å². The van der Waals surface area contributed by atoms with Crippen molar-refractivity contribution < 1.29 is 23.0 Å². The maximum absolute atomic E-state index is 13.2. The van der Waals surface area contributed by atoms with E-state index in [2.05, 4.69) is 0 Å². The smallest absolute Gasteiger partial charge is 0.196 e. The molecule has 2 aromatic carbocycles. The fourth-order valence-electron chi connectivity index (χ4n) is 1.81. The van der Waals surface area contributed by atoms with Crippen LogP contribution in [-0.4, -0.2) is 26.1 Å². The molecule has 0 amide bonds. The van der Waals surface area contributed by atoms with Gasteiger partial charge >= 0.3 is 0 Å². The van der Waals surface area contributed by atoms with Gasteiger partial charge in [0.2, 0.25) is 0 Å². The molecule has 2 rings (SSSR count). The molecule has 0 bridgehead atoms. The minimum absolute atomic E-state index is 0.0664. The van der Waals surface area contributed by atoms with Gasteiger partial charge in [0.15, 0.2) is 17.4 Å². The number of hydrogen-bond acceptors (Lipinski definition) is 3. The highest BCUT2D eigenvalue weighted by Gasteiger charge is 2.16. The molecule has 0 aromatic heterocycles. The number of methoxy groups -OCH3 is 1. The van der Waals surface area contributed by atoms with Crippen LogP contribution in [-0.2, 0) is 4.74 Å². The summed E-state index contributed by atoms with van der Waals surface area (Å²) in [6, 6.07) is 9.67. The number of ether oxygens (including phenoxy) is 2. The van der Waals surface area contributed by atoms with Crippen molar-refractivity contribution in [3.05, 3.63) is 65.2 Å². The summed E-state index contributed by atoms with van der Waals surface area (Å²) in [6.07, 6.45) is 0. The predicted molar refractivity (Wildman–Crippen MR) is 73.6 cm³/mol. The molecular formula is C16H14F2O3. The van der Waals surface area contributed by atoms with E-state index in [4.69, 9.17) is 9.47 Å². The zero-order chi connectivity index (χ0) is 15.2. The summed E-state index contributed by atoms with van der Waals surface area (Å²) >= 11 is 0. The van der Waals surface area contributed by atoms with E-state index < -0.39 is 17.4 Å². The quantitative estimate of drug-likeness (QED) is 0.606. The number of halogens is 2. The molecule has 0 atom stereocenters. The maximum atomic E-state index is 13.2. The number of benzene rings is 2. The molecule has 0 N–H and O–H groups in total. The van der Waals surface area contributed by atoms with E-state index in [9.17, 15) is 13.6 Å². The molecule has 110 valence electrons. The largest absolute Gasteiger partial charge is 0.490 e. The normalized spacial score (nSPS) is 10.4. The Morgan fingerprint density at radius 2 is 1.81 bits per heavy atom. The van der Waals surface area contributed by atoms with Gasteiger partial charge < -0.3 is 9.47 Å². The molecular weight excluding hydrogens is 278 g/mol. The average Bonchev–Trinajstić information content (AvgIpc) is 2.50. The van der Waals surface area contributed by atoms with E-state index in [0.717, 1.165) is 12.1 Å². The molecule has 0 aliphatic carbocycles. The first-order chi connectivity index (χ1) is 10.1. The molecule has 0 heterocycles. The van der Waals surface area contributed by atoms with Crippen molar-refractivity contribution >= 4 is 5.78 Å². The third-order valence-corrected chi connectivity index (χ3v) is 2.86. The van der Waals surface area contributed by atoms with Crippen LogP contribution in [0.25, 0.3) is 0 Å². The molecule has 5 heteroatoms. The van der Waals surface area contributed by atoms with Crippen molar-refractivity contribution in [1.29, 1.82) is 0 Å². The van der Waals surface area contributed by atoms with Crippen LogP contribution < -0.4 is 4.74 Å². The third-order valence-electron chi connectivity index (χ3n) is 2.86. The van der Waals surface area contributed by atoms with E-state index in [-0.39, 0.29) is 5.56 Å². The second-order valence-electron chi connectivity index (χ2n) is 4.30. The highest BCUT2D eigenvalue weighted by atomic mass is 19.2. The van der Waals surface area contributed by atoms with Gasteiger partial charge in [-0.1, -0.05) is 12.1 Å². The Bertz CT molecular complexity index is 641. The zero-order valence-electron chi connectivity index (χ0n) is 11.4. The van der Waals surface area contributed by atoms with Crippen LogP contribution >= 0.6 is 0 Å². The van der Waals surface area contributed by atoms with Crippen molar-refractivity contribution in [1.82, 2.24) is 0 Å². The van der Waals surface area contributed by atoms with Gasteiger partial charge in [0.1, 0.15) is 12.4 Å². The lowest BCUT2D eigenvalue weighted by Gasteiger charge is -2.10. The topological polar surface area (TPSA) is 35.5 Å². The van der Waals surface area contributed by atoms with Crippen LogP contribution in [0, 0.1) is 11.6 Å². The van der Waals surface area contributed by atoms with E-state index >= 15 is 0 Å². The Kier molecular flexibility index (Phi) is 5.00. The van der Waals surface area contributed by atoms with Crippen LogP contribution in [0.5, 0.6) is 5.75 Å². The standard InChI is InChI=1S/C16H14F2O3/c1-20-8-9-21-15-5-3-2-4-12(15)16(19)11-6-7-13(17)14(18)10-11/h2-7,10H,8-9H2,1H3. The van der Waals surface area contributed by atoms with Gasteiger partial charge in [-0.2, -0.15) is 0 Å². The fourth-order valence-corrected chi connectivity index (χ4v) is 1.81. The third kappa shape index (κ3) is 3.64. The molecule has 0 spiro atoms. The lowest BCUT2D eigenvalue weighted by molar-refractivity contribution is 0.103. The van der Waals surface area contributed by atoms with Gasteiger partial charge in [-0.15, -0.1) is 0 Å². The van der Waals surface area contributed by atoms with Crippen molar-refractivity contribution in [2.75, 3.05) is 20.3 Å². The lowest BCUT2D eigenvalue weighted by Crippen LogP contribution is -2.09. The second-order valence-corrected chi connectivity index (χ2v) is 4.30. The summed E-state index contributed by atoms with van der Waals surface area (Å²) in [7, 11) is 1.54. The fraction of sp³-hybridized carbons (Fsp3) is 0.188. The predicted octanol–water partition coefficient (Wildman–Crippen LogP) is 3.22. The average molecular weight is 292 g/mol. The molecule has 3 nitrogen and oxygen atoms in total. The molecule has 0 saturated carbocycles. The van der Waals surface area contributed by atoms with Crippen molar-refractivity contribution in [3.63, 3.8) is 0 Å². The van der Waals surface area contributed by atoms with E-state index in [0.29, 0.717) is 24.5 Å². The first-order valence-corrected chi connectivity index (χ1v) is 6.34. The number of ketones is 1. The number of rotatable bonds is 6. The molecule has 2 aromatic rings. The summed E-state index contributed by atoms with van der Waals surface area (Å²) < 4.78 is 36.5. The van der Waals surface area contributed by atoms with Crippen molar-refractivity contribution in [2.24, 2.45) is 0 Å². The van der Waals surface area contributed by atoms with E-state index in [1.807, 2.05) is 0 Å². The van der Waals surface area contributed by atoms with Crippen molar-refractivity contribution in [2.45, 2.75) is 0 Å². The summed E-state index contributed by atoms with van der Waals surface area (Å²) in [5.41, 5.74) is 0.358. The molecule has 0 radical (unpaired) electrons. The molecule has 0 saturated heterocycles.